The highest BCUT2D eigenvalue weighted by atomic mass is 19.1. The molecular weight excluding hydrogens is 421 g/mol. The Hall–Kier alpha value is -3.94. The molecule has 1 N–H and O–H groups in total. The second-order valence-electron chi connectivity index (χ2n) is 8.04. The highest BCUT2D eigenvalue weighted by Crippen LogP contribution is 2.28. The zero-order valence-electron chi connectivity index (χ0n) is 18.3. The highest BCUT2D eigenvalue weighted by Gasteiger charge is 2.19. The molecule has 7 nitrogen and oxygen atoms in total. The number of hydrogen-bond donors (Lipinski definition) is 1. The smallest absolute Gasteiger partial charge is 0.253 e. The molecule has 1 aliphatic heterocycles. The Morgan fingerprint density at radius 3 is 2.64 bits per heavy atom. The van der Waals surface area contributed by atoms with Gasteiger partial charge in [-0.3, -0.25) is 9.20 Å². The molecular formula is C25H24FN5O2. The van der Waals surface area contributed by atoms with Crippen molar-refractivity contribution in [1.29, 1.82) is 0 Å². The number of fused-ring (bicyclic) bond motifs is 1. The minimum atomic E-state index is -0.339. The number of pyridine rings is 1. The van der Waals surface area contributed by atoms with E-state index in [1.807, 2.05) is 45.7 Å². The number of carbonyl (C=O) groups is 1. The van der Waals surface area contributed by atoms with E-state index in [0.717, 1.165) is 48.4 Å². The van der Waals surface area contributed by atoms with Crippen LogP contribution in [-0.4, -0.2) is 45.6 Å². The summed E-state index contributed by atoms with van der Waals surface area (Å²) in [5.41, 5.74) is 4.10. The van der Waals surface area contributed by atoms with Crippen molar-refractivity contribution in [3.05, 3.63) is 77.9 Å². The number of rotatable bonds is 6. The quantitative estimate of drug-likeness (QED) is 0.477. The molecule has 2 aromatic carbocycles. The number of aromatic nitrogens is 3. The first-order valence-corrected chi connectivity index (χ1v) is 10.9. The zero-order valence-corrected chi connectivity index (χ0v) is 18.3. The van der Waals surface area contributed by atoms with E-state index >= 15 is 0 Å². The van der Waals surface area contributed by atoms with Gasteiger partial charge in [-0.05, 0) is 48.7 Å². The number of nitrogens with zero attached hydrogens (tertiary/aromatic N) is 4. The second-order valence-corrected chi connectivity index (χ2v) is 8.04. The Kier molecular flexibility index (Phi) is 5.64. The molecule has 0 unspecified atom stereocenters. The van der Waals surface area contributed by atoms with Gasteiger partial charge in [-0.1, -0.05) is 18.2 Å². The van der Waals surface area contributed by atoms with Crippen LogP contribution in [-0.2, 0) is 6.54 Å². The van der Waals surface area contributed by atoms with Crippen molar-refractivity contribution in [2.45, 2.75) is 19.4 Å². The standard InChI is InChI=1S/C25H24FN5O2/c1-33-22-14-20(26)9-8-19(22)15-27-23-11-10-21(24-29-28-16-31(23)24)17-4-6-18(7-5-17)25(32)30-12-2-3-13-30/h4-11,14,16,27H,2-3,12-13,15H2,1H3. The van der Waals surface area contributed by atoms with Gasteiger partial charge in [0.25, 0.3) is 5.91 Å². The van der Waals surface area contributed by atoms with Gasteiger partial charge in [-0.2, -0.15) is 0 Å². The van der Waals surface area contributed by atoms with Crippen LogP contribution in [0.25, 0.3) is 16.8 Å². The molecule has 0 atom stereocenters. The summed E-state index contributed by atoms with van der Waals surface area (Å²) in [6.45, 7) is 2.11. The highest BCUT2D eigenvalue weighted by molar-refractivity contribution is 5.95. The first-order chi connectivity index (χ1) is 16.1. The third kappa shape index (κ3) is 4.11. The van der Waals surface area contributed by atoms with Crippen LogP contribution in [0.5, 0.6) is 5.75 Å². The van der Waals surface area contributed by atoms with Gasteiger partial charge < -0.3 is 15.0 Å². The predicted molar refractivity (Wildman–Crippen MR) is 124 cm³/mol. The van der Waals surface area contributed by atoms with E-state index < -0.39 is 0 Å². The topological polar surface area (TPSA) is 71.8 Å². The SMILES string of the molecule is COc1cc(F)ccc1CNc1ccc(-c2ccc(C(=O)N3CCCC3)cc2)c2nncn12. The molecule has 0 saturated carbocycles. The van der Waals surface area contributed by atoms with Crippen LogP contribution in [0.1, 0.15) is 28.8 Å². The van der Waals surface area contributed by atoms with Crippen LogP contribution < -0.4 is 10.1 Å². The fourth-order valence-electron chi connectivity index (χ4n) is 4.23. The van der Waals surface area contributed by atoms with E-state index in [2.05, 4.69) is 15.5 Å². The molecule has 2 aromatic heterocycles. The lowest BCUT2D eigenvalue weighted by atomic mass is 10.0. The van der Waals surface area contributed by atoms with Crippen LogP contribution in [0, 0.1) is 5.82 Å². The summed E-state index contributed by atoms with van der Waals surface area (Å²) in [5, 5.41) is 11.7. The number of likely N-dealkylation sites (tertiary alicyclic amines) is 1. The second kappa shape index (κ2) is 8.90. The molecule has 0 spiro atoms. The van der Waals surface area contributed by atoms with Gasteiger partial charge in [0.2, 0.25) is 0 Å². The summed E-state index contributed by atoms with van der Waals surface area (Å²) in [5.74, 6) is 1.03. The molecule has 3 heterocycles. The third-order valence-corrected chi connectivity index (χ3v) is 6.00. The Labute approximate surface area is 190 Å². The van der Waals surface area contributed by atoms with Crippen LogP contribution in [0.4, 0.5) is 10.2 Å². The van der Waals surface area contributed by atoms with Crippen molar-refractivity contribution in [3.63, 3.8) is 0 Å². The van der Waals surface area contributed by atoms with Gasteiger partial charge >= 0.3 is 0 Å². The van der Waals surface area contributed by atoms with Crippen molar-refractivity contribution in [1.82, 2.24) is 19.5 Å². The minimum Gasteiger partial charge on any atom is -0.496 e. The van der Waals surface area contributed by atoms with E-state index in [4.69, 9.17) is 4.74 Å². The van der Waals surface area contributed by atoms with E-state index in [1.165, 1.54) is 19.2 Å². The molecule has 0 aliphatic carbocycles. The summed E-state index contributed by atoms with van der Waals surface area (Å²) < 4.78 is 20.6. The maximum atomic E-state index is 13.5. The number of anilines is 1. The number of amides is 1. The Balaban J connectivity index is 1.38. The van der Waals surface area contributed by atoms with Gasteiger partial charge in [0, 0.05) is 42.4 Å². The fourth-order valence-corrected chi connectivity index (χ4v) is 4.23. The molecule has 1 fully saturated rings. The lowest BCUT2D eigenvalue weighted by Crippen LogP contribution is -2.27. The van der Waals surface area contributed by atoms with Gasteiger partial charge in [0.05, 0.1) is 7.11 Å². The number of hydrogen-bond acceptors (Lipinski definition) is 5. The summed E-state index contributed by atoms with van der Waals surface area (Å²) in [6, 6.07) is 16.0. The first-order valence-electron chi connectivity index (χ1n) is 10.9. The van der Waals surface area contributed by atoms with Crippen molar-refractivity contribution in [2.24, 2.45) is 0 Å². The molecule has 0 bridgehead atoms. The fraction of sp³-hybridized carbons (Fsp3) is 0.240. The molecule has 5 rings (SSSR count). The van der Waals surface area contributed by atoms with E-state index in [1.54, 1.807) is 12.4 Å². The Morgan fingerprint density at radius 2 is 1.88 bits per heavy atom. The maximum absolute atomic E-state index is 13.5. The van der Waals surface area contributed by atoms with Crippen molar-refractivity contribution < 1.29 is 13.9 Å². The lowest BCUT2D eigenvalue weighted by Gasteiger charge is -2.15. The average Bonchev–Trinajstić information content (AvgIpc) is 3.55. The largest absolute Gasteiger partial charge is 0.496 e. The predicted octanol–water partition coefficient (Wildman–Crippen LogP) is 4.39. The molecule has 8 heteroatoms. The number of ether oxygens (including phenoxy) is 1. The van der Waals surface area contributed by atoms with Crippen molar-refractivity contribution in [2.75, 3.05) is 25.5 Å². The van der Waals surface area contributed by atoms with Gasteiger partial charge in [0.15, 0.2) is 5.65 Å². The van der Waals surface area contributed by atoms with Crippen LogP contribution in [0.15, 0.2) is 60.9 Å². The van der Waals surface area contributed by atoms with Gasteiger partial charge in [0.1, 0.15) is 23.7 Å². The number of benzene rings is 2. The molecule has 1 saturated heterocycles. The summed E-state index contributed by atoms with van der Waals surface area (Å²) >= 11 is 0. The summed E-state index contributed by atoms with van der Waals surface area (Å²) in [7, 11) is 1.52. The van der Waals surface area contributed by atoms with Crippen LogP contribution in [0.2, 0.25) is 0 Å². The van der Waals surface area contributed by atoms with Gasteiger partial charge in [-0.25, -0.2) is 4.39 Å². The molecule has 168 valence electrons. The van der Waals surface area contributed by atoms with Crippen LogP contribution >= 0.6 is 0 Å². The summed E-state index contributed by atoms with van der Waals surface area (Å²) in [4.78, 5) is 14.5. The molecule has 1 aliphatic rings. The zero-order chi connectivity index (χ0) is 22.8. The lowest BCUT2D eigenvalue weighted by molar-refractivity contribution is 0.0793. The number of methoxy groups -OCH3 is 1. The normalized spacial score (nSPS) is 13.5. The Bertz CT molecular complexity index is 1300. The molecule has 1 amide bonds. The first kappa shape index (κ1) is 20.9. The Morgan fingerprint density at radius 1 is 1.09 bits per heavy atom. The molecule has 0 radical (unpaired) electrons. The maximum Gasteiger partial charge on any atom is 0.253 e. The van der Waals surface area contributed by atoms with Crippen molar-refractivity contribution >= 4 is 17.4 Å². The number of nitrogens with one attached hydrogen (secondary N) is 1. The van der Waals surface area contributed by atoms with E-state index in [-0.39, 0.29) is 11.7 Å². The van der Waals surface area contributed by atoms with E-state index in [0.29, 0.717) is 23.5 Å². The molecule has 33 heavy (non-hydrogen) atoms. The van der Waals surface area contributed by atoms with Crippen molar-refractivity contribution in [3.8, 4) is 16.9 Å². The minimum absolute atomic E-state index is 0.0856. The molecule has 4 aromatic rings. The number of carbonyl (C=O) groups excluding carboxylic acids is 1. The van der Waals surface area contributed by atoms with Crippen LogP contribution in [0.3, 0.4) is 0 Å². The van der Waals surface area contributed by atoms with Gasteiger partial charge in [-0.15, -0.1) is 10.2 Å². The average molecular weight is 445 g/mol. The van der Waals surface area contributed by atoms with E-state index in [9.17, 15) is 9.18 Å². The third-order valence-electron chi connectivity index (χ3n) is 6.00. The number of halogens is 1. The summed E-state index contributed by atoms with van der Waals surface area (Å²) in [6.07, 6.45) is 3.79. The monoisotopic (exact) mass is 445 g/mol.